The van der Waals surface area contributed by atoms with Crippen molar-refractivity contribution in [3.63, 3.8) is 0 Å². The van der Waals surface area contributed by atoms with Gasteiger partial charge >= 0.3 is 5.97 Å². The van der Waals surface area contributed by atoms with Crippen molar-refractivity contribution in [3.05, 3.63) is 0 Å². The van der Waals surface area contributed by atoms with E-state index in [-0.39, 0.29) is 5.91 Å². The lowest BCUT2D eigenvalue weighted by atomic mass is 10.1. The van der Waals surface area contributed by atoms with Gasteiger partial charge in [0.15, 0.2) is 0 Å². The molecule has 0 saturated carbocycles. The Morgan fingerprint density at radius 3 is 2.29 bits per heavy atom. The molecule has 1 amide bonds. The third-order valence-corrected chi connectivity index (χ3v) is 1.37. The second-order valence-corrected chi connectivity index (χ2v) is 2.52. The molecule has 0 aliphatic rings. The first-order chi connectivity index (χ1) is 6.57. The molecule has 0 radical (unpaired) electrons. The Bertz CT molecular complexity index is 184. The minimum Gasteiger partial charge on any atom is -0.480 e. The zero-order chi connectivity index (χ0) is 11.6. The molecule has 6 nitrogen and oxygen atoms in total. The van der Waals surface area contributed by atoms with Crippen LogP contribution in [0.1, 0.15) is 19.8 Å². The van der Waals surface area contributed by atoms with E-state index in [2.05, 4.69) is 5.32 Å². The number of aliphatic carboxylic acids is 1. The van der Waals surface area contributed by atoms with Gasteiger partial charge in [-0.1, -0.05) is 0 Å². The molecule has 0 aromatic heterocycles. The number of rotatable bonds is 5. The zero-order valence-corrected chi connectivity index (χ0v) is 8.16. The average molecular weight is 204 g/mol. The highest BCUT2D eigenvalue weighted by Crippen LogP contribution is 1.95. The Balaban J connectivity index is 0. The first-order valence-electron chi connectivity index (χ1n) is 4.06. The van der Waals surface area contributed by atoms with Crippen LogP contribution in [0.3, 0.4) is 0 Å². The van der Waals surface area contributed by atoms with Gasteiger partial charge in [-0.15, -0.1) is 0 Å². The van der Waals surface area contributed by atoms with Crippen LogP contribution < -0.4 is 11.1 Å². The summed E-state index contributed by atoms with van der Waals surface area (Å²) in [5.74, 6) is -1.35. The lowest BCUT2D eigenvalue weighted by molar-refractivity contribution is -0.141. The van der Waals surface area contributed by atoms with E-state index in [1.54, 1.807) is 0 Å². The fourth-order valence-electron chi connectivity index (χ4n) is 0.825. The summed E-state index contributed by atoms with van der Waals surface area (Å²) >= 11 is 0. The van der Waals surface area contributed by atoms with Crippen molar-refractivity contribution in [2.45, 2.75) is 25.8 Å². The molecule has 6 heteroatoms. The summed E-state index contributed by atoms with van der Waals surface area (Å²) in [5.41, 5.74) is 5.20. The third-order valence-electron chi connectivity index (χ3n) is 1.37. The van der Waals surface area contributed by atoms with Crippen LogP contribution in [0.5, 0.6) is 0 Å². The van der Waals surface area contributed by atoms with Crippen molar-refractivity contribution in [3.8, 4) is 0 Å². The van der Waals surface area contributed by atoms with Crippen LogP contribution >= 0.6 is 0 Å². The maximum atomic E-state index is 10.5. The van der Waals surface area contributed by atoms with E-state index in [4.69, 9.17) is 15.6 Å². The molecule has 1 unspecified atom stereocenters. The van der Waals surface area contributed by atoms with Crippen molar-refractivity contribution < 1.29 is 19.5 Å². The van der Waals surface area contributed by atoms with Crippen molar-refractivity contribution in [1.82, 2.24) is 5.32 Å². The van der Waals surface area contributed by atoms with E-state index >= 15 is 0 Å². The Kier molecular flexibility index (Phi) is 10.4. The number of carboxylic acids is 1. The largest absolute Gasteiger partial charge is 0.480 e. The predicted molar refractivity (Wildman–Crippen MR) is 50.6 cm³/mol. The van der Waals surface area contributed by atoms with Gasteiger partial charge < -0.3 is 21.0 Å². The summed E-state index contributed by atoms with van der Waals surface area (Å²) in [6, 6.07) is -0.800. The maximum absolute atomic E-state index is 10.5. The number of nitrogens with one attached hydrogen (secondary N) is 1. The molecule has 0 heterocycles. The average Bonchev–Trinajstić information content (AvgIpc) is 2.14. The summed E-state index contributed by atoms with van der Waals surface area (Å²) in [5, 5.41) is 10.9. The van der Waals surface area contributed by atoms with Crippen LogP contribution in [-0.2, 0) is 14.4 Å². The molecule has 0 fully saturated rings. The normalized spacial score (nSPS) is 10.7. The van der Waals surface area contributed by atoms with Crippen LogP contribution in [-0.4, -0.2) is 36.4 Å². The number of nitrogens with two attached hydrogens (primary N) is 1. The molecule has 0 aromatic rings. The molecule has 0 bridgehead atoms. The maximum Gasteiger partial charge on any atom is 0.326 e. The van der Waals surface area contributed by atoms with Gasteiger partial charge in [-0.3, -0.25) is 4.79 Å². The molecule has 82 valence electrons. The highest BCUT2D eigenvalue weighted by atomic mass is 16.4. The lowest BCUT2D eigenvalue weighted by Gasteiger charge is -2.11. The van der Waals surface area contributed by atoms with E-state index in [1.807, 2.05) is 6.79 Å². The van der Waals surface area contributed by atoms with E-state index < -0.39 is 12.0 Å². The van der Waals surface area contributed by atoms with E-state index in [0.717, 1.165) is 0 Å². The Morgan fingerprint density at radius 2 is 2.00 bits per heavy atom. The summed E-state index contributed by atoms with van der Waals surface area (Å²) < 4.78 is 0. The molecule has 0 saturated heterocycles. The van der Waals surface area contributed by atoms with Crippen molar-refractivity contribution in [2.24, 2.45) is 5.73 Å². The van der Waals surface area contributed by atoms with Gasteiger partial charge in [0.05, 0.1) is 0 Å². The van der Waals surface area contributed by atoms with Crippen molar-refractivity contribution in [1.29, 1.82) is 0 Å². The number of carbonyl (C=O) groups is 3. The zero-order valence-electron chi connectivity index (χ0n) is 8.16. The highest BCUT2D eigenvalue weighted by Gasteiger charge is 2.16. The topological polar surface area (TPSA) is 109 Å². The number of carbonyl (C=O) groups excluding carboxylic acids is 2. The Morgan fingerprint density at radius 1 is 1.50 bits per heavy atom. The summed E-state index contributed by atoms with van der Waals surface area (Å²) in [7, 11) is 0. The molecule has 4 N–H and O–H groups in total. The monoisotopic (exact) mass is 204 g/mol. The second kappa shape index (κ2) is 9.66. The molecule has 0 spiro atoms. The molecule has 0 aromatic carbocycles. The van der Waals surface area contributed by atoms with Crippen LogP contribution in [0.25, 0.3) is 0 Å². The predicted octanol–water partition coefficient (Wildman–Crippen LogP) is -0.870. The van der Waals surface area contributed by atoms with Crippen LogP contribution in [0.4, 0.5) is 0 Å². The Labute approximate surface area is 82.5 Å². The molecular formula is C8H16N2O4. The molecular weight excluding hydrogens is 188 g/mol. The van der Waals surface area contributed by atoms with Gasteiger partial charge in [-0.05, 0) is 19.4 Å². The smallest absolute Gasteiger partial charge is 0.326 e. The van der Waals surface area contributed by atoms with E-state index in [0.29, 0.717) is 19.4 Å². The van der Waals surface area contributed by atoms with Gasteiger partial charge in [-0.25, -0.2) is 4.79 Å². The number of hydrogen-bond acceptors (Lipinski definition) is 4. The van der Waals surface area contributed by atoms with Gasteiger partial charge in [-0.2, -0.15) is 0 Å². The van der Waals surface area contributed by atoms with Crippen molar-refractivity contribution in [2.75, 3.05) is 6.54 Å². The van der Waals surface area contributed by atoms with Crippen molar-refractivity contribution >= 4 is 18.7 Å². The standard InChI is InChI=1S/C7H14N2O3.CH2O/c1-5(10)9-6(7(11)12)3-2-4-8;1-2/h6H,2-4,8H2,1H3,(H,9,10)(H,11,12);1H2. The van der Waals surface area contributed by atoms with Crippen LogP contribution in [0.15, 0.2) is 0 Å². The fourth-order valence-corrected chi connectivity index (χ4v) is 0.825. The number of hydrogen-bond donors (Lipinski definition) is 3. The summed E-state index contributed by atoms with van der Waals surface area (Å²) in [6.45, 7) is 3.72. The molecule has 1 atom stereocenters. The van der Waals surface area contributed by atoms with Gasteiger partial charge in [0.2, 0.25) is 5.91 Å². The third kappa shape index (κ3) is 8.66. The van der Waals surface area contributed by atoms with Gasteiger partial charge in [0.1, 0.15) is 12.8 Å². The minimum absolute atomic E-state index is 0.334. The quantitative estimate of drug-likeness (QED) is 0.539. The lowest BCUT2D eigenvalue weighted by Crippen LogP contribution is -2.39. The molecule has 0 aliphatic heterocycles. The minimum atomic E-state index is -1.02. The van der Waals surface area contributed by atoms with Crippen LogP contribution in [0, 0.1) is 0 Å². The number of amides is 1. The highest BCUT2D eigenvalue weighted by molar-refractivity contribution is 5.81. The van der Waals surface area contributed by atoms with E-state index in [9.17, 15) is 9.59 Å². The molecule has 14 heavy (non-hydrogen) atoms. The molecule has 0 aliphatic carbocycles. The summed E-state index contributed by atoms with van der Waals surface area (Å²) in [6.07, 6.45) is 0.975. The summed E-state index contributed by atoms with van der Waals surface area (Å²) in [4.78, 5) is 29.0. The van der Waals surface area contributed by atoms with Gasteiger partial charge in [0.25, 0.3) is 0 Å². The van der Waals surface area contributed by atoms with Crippen LogP contribution in [0.2, 0.25) is 0 Å². The first-order valence-corrected chi connectivity index (χ1v) is 4.06. The SMILES string of the molecule is C=O.CC(=O)NC(CCCN)C(=O)O. The van der Waals surface area contributed by atoms with Gasteiger partial charge in [0, 0.05) is 6.92 Å². The Hall–Kier alpha value is -1.43. The second-order valence-electron chi connectivity index (χ2n) is 2.52. The number of carboxylic acid groups (broad SMARTS) is 1. The molecule has 0 rings (SSSR count). The first kappa shape index (κ1) is 15.1. The fraction of sp³-hybridized carbons (Fsp3) is 0.625. The van der Waals surface area contributed by atoms with E-state index in [1.165, 1.54) is 6.92 Å².